The highest BCUT2D eigenvalue weighted by Crippen LogP contribution is 2.27. The third-order valence-corrected chi connectivity index (χ3v) is 8.06. The first-order valence-electron chi connectivity index (χ1n) is 14.2. The number of amides is 2. The van der Waals surface area contributed by atoms with Crippen LogP contribution in [0, 0.1) is 11.8 Å². The molecule has 2 heterocycles. The van der Waals surface area contributed by atoms with Gasteiger partial charge in [-0.3, -0.25) is 9.69 Å². The van der Waals surface area contributed by atoms with Gasteiger partial charge in [0.25, 0.3) is 0 Å². The number of anilines is 2. The Hall–Kier alpha value is -2.32. The van der Waals surface area contributed by atoms with Crippen molar-refractivity contribution >= 4 is 23.4 Å². The van der Waals surface area contributed by atoms with Gasteiger partial charge in [0.15, 0.2) is 0 Å². The summed E-state index contributed by atoms with van der Waals surface area (Å²) in [6.45, 7) is 12.6. The Labute approximate surface area is 222 Å². The van der Waals surface area contributed by atoms with Crippen molar-refractivity contribution < 1.29 is 19.4 Å². The lowest BCUT2D eigenvalue weighted by Crippen LogP contribution is -2.47. The minimum Gasteiger partial charge on any atom is -0.444 e. The van der Waals surface area contributed by atoms with Crippen LogP contribution >= 0.6 is 0 Å². The molecule has 0 atom stereocenters. The molecular formula is C29H46N4O4. The average molecular weight is 515 g/mol. The number of carbonyl (C=O) groups excluding carboxylic acids is 2. The largest absolute Gasteiger partial charge is 0.444 e. The topological polar surface area (TPSA) is 85.4 Å². The first-order valence-corrected chi connectivity index (χ1v) is 14.2. The van der Waals surface area contributed by atoms with Gasteiger partial charge in [0.2, 0.25) is 5.91 Å². The van der Waals surface area contributed by atoms with E-state index in [2.05, 4.69) is 27.2 Å². The fraction of sp³-hybridized carbons (Fsp3) is 0.724. The number of benzene rings is 1. The van der Waals surface area contributed by atoms with Crippen LogP contribution in [-0.4, -0.2) is 84.4 Å². The fourth-order valence-electron chi connectivity index (χ4n) is 5.66. The quantitative estimate of drug-likeness (QED) is 0.588. The minimum absolute atomic E-state index is 0.00803. The number of hydrogen-bond acceptors (Lipinski definition) is 6. The monoisotopic (exact) mass is 514 g/mol. The predicted octanol–water partition coefficient (Wildman–Crippen LogP) is 4.34. The molecular weight excluding hydrogens is 468 g/mol. The summed E-state index contributed by atoms with van der Waals surface area (Å²) in [5.41, 5.74) is 1.61. The summed E-state index contributed by atoms with van der Waals surface area (Å²) in [6.07, 6.45) is 5.86. The number of nitrogens with zero attached hydrogens (tertiary/aromatic N) is 3. The maximum Gasteiger partial charge on any atom is 0.410 e. The molecule has 2 amide bonds. The molecule has 1 aromatic carbocycles. The van der Waals surface area contributed by atoms with E-state index in [9.17, 15) is 14.7 Å². The van der Waals surface area contributed by atoms with E-state index in [0.29, 0.717) is 5.92 Å². The van der Waals surface area contributed by atoms with Gasteiger partial charge < -0.3 is 25.0 Å². The predicted molar refractivity (Wildman–Crippen MR) is 147 cm³/mol. The lowest BCUT2D eigenvalue weighted by Gasteiger charge is -2.38. The van der Waals surface area contributed by atoms with Crippen LogP contribution in [0.3, 0.4) is 0 Å². The number of nitrogens with one attached hydrogen (secondary N) is 1. The summed E-state index contributed by atoms with van der Waals surface area (Å²) in [4.78, 5) is 31.7. The molecule has 1 aliphatic carbocycles. The Kier molecular flexibility index (Phi) is 9.35. The lowest BCUT2D eigenvalue weighted by molar-refractivity contribution is -0.121. The fourth-order valence-corrected chi connectivity index (χ4v) is 5.66. The Balaban J connectivity index is 1.13. The number of hydrogen-bond donors (Lipinski definition) is 2. The summed E-state index contributed by atoms with van der Waals surface area (Å²) in [5, 5.41) is 12.7. The molecule has 2 saturated heterocycles. The van der Waals surface area contributed by atoms with Crippen LogP contribution in [-0.2, 0) is 9.53 Å². The number of piperidine rings is 1. The van der Waals surface area contributed by atoms with Crippen LogP contribution in [0.1, 0.15) is 65.7 Å². The van der Waals surface area contributed by atoms with Gasteiger partial charge in [0.1, 0.15) is 5.60 Å². The average Bonchev–Trinajstić information content (AvgIpc) is 2.88. The van der Waals surface area contributed by atoms with E-state index in [-0.39, 0.29) is 24.0 Å². The van der Waals surface area contributed by atoms with Gasteiger partial charge in [-0.25, -0.2) is 4.79 Å². The second-order valence-electron chi connectivity index (χ2n) is 12.1. The van der Waals surface area contributed by atoms with Crippen LogP contribution in [0.2, 0.25) is 0 Å². The van der Waals surface area contributed by atoms with Gasteiger partial charge in [-0.2, -0.15) is 0 Å². The minimum atomic E-state index is -0.436. The zero-order valence-electron chi connectivity index (χ0n) is 23.0. The highest BCUT2D eigenvalue weighted by Gasteiger charge is 2.28. The van der Waals surface area contributed by atoms with Crippen LogP contribution in [0.5, 0.6) is 0 Å². The van der Waals surface area contributed by atoms with E-state index in [0.717, 1.165) is 90.0 Å². The van der Waals surface area contributed by atoms with Crippen molar-refractivity contribution in [2.45, 2.75) is 77.4 Å². The second kappa shape index (κ2) is 12.5. The molecule has 1 aromatic rings. The third kappa shape index (κ3) is 8.34. The summed E-state index contributed by atoms with van der Waals surface area (Å²) >= 11 is 0. The zero-order chi connectivity index (χ0) is 26.4. The Morgan fingerprint density at radius 1 is 0.919 bits per heavy atom. The van der Waals surface area contributed by atoms with Crippen molar-refractivity contribution in [1.82, 2.24) is 9.80 Å². The summed E-state index contributed by atoms with van der Waals surface area (Å²) in [7, 11) is 0. The number of likely N-dealkylation sites (tertiary alicyclic amines) is 1. The van der Waals surface area contributed by atoms with E-state index in [1.165, 1.54) is 12.1 Å². The van der Waals surface area contributed by atoms with Crippen LogP contribution in [0.15, 0.2) is 24.3 Å². The van der Waals surface area contributed by atoms with Gasteiger partial charge >= 0.3 is 6.09 Å². The van der Waals surface area contributed by atoms with Crippen molar-refractivity contribution in [1.29, 1.82) is 0 Å². The van der Waals surface area contributed by atoms with Crippen molar-refractivity contribution in [3.63, 3.8) is 0 Å². The molecule has 8 nitrogen and oxygen atoms in total. The van der Waals surface area contributed by atoms with E-state index < -0.39 is 5.60 Å². The van der Waals surface area contributed by atoms with Crippen molar-refractivity contribution in [2.75, 3.05) is 56.0 Å². The molecule has 0 aromatic heterocycles. The molecule has 2 aliphatic heterocycles. The number of aliphatic hydroxyl groups is 1. The highest BCUT2D eigenvalue weighted by atomic mass is 16.6. The Morgan fingerprint density at radius 2 is 1.54 bits per heavy atom. The van der Waals surface area contributed by atoms with E-state index in [1.807, 2.05) is 37.8 Å². The maximum absolute atomic E-state index is 12.5. The normalized spacial score (nSPS) is 24.1. The highest BCUT2D eigenvalue weighted by molar-refractivity contribution is 5.92. The Morgan fingerprint density at radius 3 is 2.14 bits per heavy atom. The zero-order valence-corrected chi connectivity index (χ0v) is 23.0. The molecule has 4 rings (SSSR count). The molecule has 0 unspecified atom stereocenters. The van der Waals surface area contributed by atoms with Crippen LogP contribution < -0.4 is 10.2 Å². The standard InChI is InChI=1S/C29H46N4O4/c1-29(2,3)37-28(36)33-16-13-22(14-17-33)12-15-31-18-20-32(21-19-31)25-8-6-24(7-9-25)30-27(35)23-4-10-26(34)11-5-23/h6-9,22-23,26,34H,4-5,10-21H2,1-3H3,(H,30,35)/t23-,26+. The molecule has 0 bridgehead atoms. The van der Waals surface area contributed by atoms with Crippen molar-refractivity contribution in [3.05, 3.63) is 24.3 Å². The molecule has 0 spiro atoms. The van der Waals surface area contributed by atoms with E-state index >= 15 is 0 Å². The van der Waals surface area contributed by atoms with Gasteiger partial charge in [-0.1, -0.05) is 0 Å². The maximum atomic E-state index is 12.5. The van der Waals surface area contributed by atoms with Gasteiger partial charge in [-0.15, -0.1) is 0 Å². The van der Waals surface area contributed by atoms with Crippen molar-refractivity contribution in [3.8, 4) is 0 Å². The molecule has 2 N–H and O–H groups in total. The number of piperazine rings is 1. The van der Waals surface area contributed by atoms with E-state index in [1.54, 1.807) is 0 Å². The first-order chi connectivity index (χ1) is 17.7. The van der Waals surface area contributed by atoms with Crippen LogP contribution in [0.4, 0.5) is 16.2 Å². The van der Waals surface area contributed by atoms with Gasteiger partial charge in [-0.05, 0) is 102 Å². The number of ether oxygens (including phenoxy) is 1. The summed E-state index contributed by atoms with van der Waals surface area (Å²) in [6, 6.07) is 8.21. The summed E-state index contributed by atoms with van der Waals surface area (Å²) < 4.78 is 5.51. The molecule has 37 heavy (non-hydrogen) atoms. The molecule has 0 radical (unpaired) electrons. The molecule has 3 fully saturated rings. The number of rotatable bonds is 6. The summed E-state index contributed by atoms with van der Waals surface area (Å²) in [5.74, 6) is 0.760. The Bertz CT molecular complexity index is 876. The number of carbonyl (C=O) groups is 2. The molecule has 1 saturated carbocycles. The molecule has 8 heteroatoms. The van der Waals surface area contributed by atoms with Gasteiger partial charge in [0, 0.05) is 56.6 Å². The first kappa shape index (κ1) is 27.7. The number of aliphatic hydroxyl groups excluding tert-OH is 1. The molecule has 3 aliphatic rings. The smallest absolute Gasteiger partial charge is 0.410 e. The third-order valence-electron chi connectivity index (χ3n) is 8.06. The van der Waals surface area contributed by atoms with E-state index in [4.69, 9.17) is 4.74 Å². The molecule has 206 valence electrons. The van der Waals surface area contributed by atoms with Crippen LogP contribution in [0.25, 0.3) is 0 Å². The van der Waals surface area contributed by atoms with Crippen molar-refractivity contribution in [2.24, 2.45) is 11.8 Å². The second-order valence-corrected chi connectivity index (χ2v) is 12.1. The SMILES string of the molecule is CC(C)(C)OC(=O)N1CCC(CCN2CCN(c3ccc(NC(=O)[C@H]4CC[C@@H](O)CC4)cc3)CC2)CC1. The van der Waals surface area contributed by atoms with Gasteiger partial charge in [0.05, 0.1) is 6.10 Å². The lowest BCUT2D eigenvalue weighted by atomic mass is 9.87.